The monoisotopic (exact) mass is 396 g/mol. The Labute approximate surface area is 168 Å². The quantitative estimate of drug-likeness (QED) is 0.620. The molecule has 3 rings (SSSR count). The van der Waals surface area contributed by atoms with E-state index >= 15 is 0 Å². The average Bonchev–Trinajstić information content (AvgIpc) is 2.68. The topological polar surface area (TPSA) is 60.3 Å². The number of aryl methyl sites for hydroxylation is 1. The predicted octanol–water partition coefficient (Wildman–Crippen LogP) is 3.67. The Morgan fingerprint density at radius 1 is 1.11 bits per heavy atom. The summed E-state index contributed by atoms with van der Waals surface area (Å²) in [6.07, 6.45) is 1.54. The molecule has 0 radical (unpaired) electrons. The number of benzene rings is 2. The van der Waals surface area contributed by atoms with E-state index in [2.05, 4.69) is 5.32 Å². The Hall–Kier alpha value is -3.05. The first-order valence-electron chi connectivity index (χ1n) is 8.94. The molecule has 0 fully saturated rings. The van der Waals surface area contributed by atoms with Gasteiger partial charge in [0.2, 0.25) is 0 Å². The van der Waals surface area contributed by atoms with Crippen LogP contribution >= 0.6 is 11.6 Å². The molecule has 1 N–H and O–H groups in total. The maximum absolute atomic E-state index is 12.4. The van der Waals surface area contributed by atoms with Gasteiger partial charge in [-0.1, -0.05) is 41.9 Å². The lowest BCUT2D eigenvalue weighted by Crippen LogP contribution is -2.30. The molecule has 3 aromatic rings. The van der Waals surface area contributed by atoms with Gasteiger partial charge in [0, 0.05) is 17.3 Å². The molecule has 0 atom stereocenters. The normalized spacial score (nSPS) is 10.5. The van der Waals surface area contributed by atoms with Crippen molar-refractivity contribution in [1.29, 1.82) is 0 Å². The fourth-order valence-corrected chi connectivity index (χ4v) is 2.94. The second-order valence-corrected chi connectivity index (χ2v) is 6.80. The van der Waals surface area contributed by atoms with Gasteiger partial charge >= 0.3 is 0 Å². The number of pyridine rings is 1. The highest BCUT2D eigenvalue weighted by Gasteiger charge is 2.09. The van der Waals surface area contributed by atoms with Crippen molar-refractivity contribution in [1.82, 2.24) is 9.88 Å². The molecule has 1 aromatic heterocycles. The van der Waals surface area contributed by atoms with Crippen LogP contribution in [0.5, 0.6) is 5.75 Å². The Balaban J connectivity index is 1.59. The number of rotatable bonds is 7. The first-order chi connectivity index (χ1) is 13.5. The number of amides is 1. The number of hydrogen-bond acceptors (Lipinski definition) is 3. The van der Waals surface area contributed by atoms with Crippen molar-refractivity contribution in [2.45, 2.75) is 13.5 Å². The second-order valence-electron chi connectivity index (χ2n) is 6.40. The zero-order chi connectivity index (χ0) is 19.9. The smallest absolute Gasteiger partial charge is 0.252 e. The molecule has 144 valence electrons. The molecule has 0 bridgehead atoms. The second kappa shape index (κ2) is 9.24. The molecule has 0 saturated carbocycles. The van der Waals surface area contributed by atoms with Crippen molar-refractivity contribution in [3.63, 3.8) is 0 Å². The lowest BCUT2D eigenvalue weighted by atomic mass is 10.2. The van der Waals surface area contributed by atoms with Crippen molar-refractivity contribution in [2.75, 3.05) is 13.2 Å². The number of hydrogen-bond donors (Lipinski definition) is 1. The van der Waals surface area contributed by atoms with Crippen molar-refractivity contribution >= 4 is 17.5 Å². The summed E-state index contributed by atoms with van der Waals surface area (Å²) < 4.78 is 7.10. The zero-order valence-corrected chi connectivity index (χ0v) is 16.3. The standard InChI is InChI=1S/C22H21ClN2O3/c1-16-5-4-7-19(13-16)28-12-11-24-22(27)18-9-10-21(26)25(15-18)14-17-6-2-3-8-20(17)23/h2-10,13,15H,11-12,14H2,1H3,(H,24,27). The number of halogens is 1. The molecule has 0 aliphatic rings. The van der Waals surface area contributed by atoms with Gasteiger partial charge in [-0.05, 0) is 42.3 Å². The highest BCUT2D eigenvalue weighted by molar-refractivity contribution is 6.31. The van der Waals surface area contributed by atoms with Crippen LogP contribution < -0.4 is 15.6 Å². The van der Waals surface area contributed by atoms with Gasteiger partial charge in [-0.2, -0.15) is 0 Å². The van der Waals surface area contributed by atoms with Gasteiger partial charge in [0.25, 0.3) is 11.5 Å². The molecule has 28 heavy (non-hydrogen) atoms. The first kappa shape index (κ1) is 19.7. The highest BCUT2D eigenvalue weighted by atomic mass is 35.5. The minimum atomic E-state index is -0.263. The van der Waals surface area contributed by atoms with Crippen LogP contribution in [0.2, 0.25) is 5.02 Å². The zero-order valence-electron chi connectivity index (χ0n) is 15.5. The van der Waals surface area contributed by atoms with E-state index in [1.54, 1.807) is 12.3 Å². The molecular weight excluding hydrogens is 376 g/mol. The van der Waals surface area contributed by atoms with Crippen LogP contribution in [-0.4, -0.2) is 23.6 Å². The van der Waals surface area contributed by atoms with E-state index < -0.39 is 0 Å². The summed E-state index contributed by atoms with van der Waals surface area (Å²) in [7, 11) is 0. The van der Waals surface area contributed by atoms with Gasteiger partial charge in [0.15, 0.2) is 0 Å². The third kappa shape index (κ3) is 5.24. The summed E-state index contributed by atoms with van der Waals surface area (Å²) in [6, 6.07) is 17.9. The first-order valence-corrected chi connectivity index (χ1v) is 9.32. The minimum Gasteiger partial charge on any atom is -0.492 e. The van der Waals surface area contributed by atoms with E-state index in [1.807, 2.05) is 49.4 Å². The lowest BCUT2D eigenvalue weighted by molar-refractivity contribution is 0.0946. The summed E-state index contributed by atoms with van der Waals surface area (Å²) >= 11 is 6.17. The van der Waals surface area contributed by atoms with Gasteiger partial charge in [-0.25, -0.2) is 0 Å². The van der Waals surface area contributed by atoms with Crippen molar-refractivity contribution in [3.05, 3.63) is 98.9 Å². The fraction of sp³-hybridized carbons (Fsp3) is 0.182. The van der Waals surface area contributed by atoms with E-state index in [0.717, 1.165) is 16.9 Å². The van der Waals surface area contributed by atoms with E-state index in [4.69, 9.17) is 16.3 Å². The van der Waals surface area contributed by atoms with E-state index in [-0.39, 0.29) is 11.5 Å². The SMILES string of the molecule is Cc1cccc(OCCNC(=O)c2ccc(=O)n(Cc3ccccc3Cl)c2)c1. The van der Waals surface area contributed by atoms with Crippen LogP contribution in [0.4, 0.5) is 0 Å². The maximum atomic E-state index is 12.4. The molecule has 2 aromatic carbocycles. The molecule has 0 aliphatic carbocycles. The van der Waals surface area contributed by atoms with Crippen molar-refractivity contribution in [2.24, 2.45) is 0 Å². The minimum absolute atomic E-state index is 0.195. The van der Waals surface area contributed by atoms with Gasteiger partial charge in [-0.3, -0.25) is 9.59 Å². The number of nitrogens with zero attached hydrogens (tertiary/aromatic N) is 1. The molecular formula is C22H21ClN2O3. The van der Waals surface area contributed by atoms with Crippen LogP contribution in [0.15, 0.2) is 71.7 Å². The Morgan fingerprint density at radius 2 is 1.93 bits per heavy atom. The lowest BCUT2D eigenvalue weighted by Gasteiger charge is -2.11. The molecule has 0 aliphatic heterocycles. The number of ether oxygens (including phenoxy) is 1. The fourth-order valence-electron chi connectivity index (χ4n) is 2.74. The Kier molecular flexibility index (Phi) is 6.50. The average molecular weight is 397 g/mol. The number of aromatic nitrogens is 1. The van der Waals surface area contributed by atoms with Crippen LogP contribution in [0.1, 0.15) is 21.5 Å². The van der Waals surface area contributed by atoms with Crippen molar-refractivity contribution < 1.29 is 9.53 Å². The van der Waals surface area contributed by atoms with E-state index in [1.165, 1.54) is 16.7 Å². The van der Waals surface area contributed by atoms with E-state index in [9.17, 15) is 9.59 Å². The Bertz CT molecular complexity index is 1030. The van der Waals surface area contributed by atoms with Crippen LogP contribution in [-0.2, 0) is 6.54 Å². The van der Waals surface area contributed by atoms with Crippen LogP contribution in [0.3, 0.4) is 0 Å². The molecule has 0 spiro atoms. The molecule has 1 amide bonds. The van der Waals surface area contributed by atoms with Gasteiger partial charge in [0.1, 0.15) is 12.4 Å². The summed E-state index contributed by atoms with van der Waals surface area (Å²) in [6.45, 7) is 3.01. The summed E-state index contributed by atoms with van der Waals surface area (Å²) in [5, 5.41) is 3.38. The van der Waals surface area contributed by atoms with Crippen molar-refractivity contribution in [3.8, 4) is 5.75 Å². The predicted molar refractivity (Wildman–Crippen MR) is 110 cm³/mol. The highest BCUT2D eigenvalue weighted by Crippen LogP contribution is 2.15. The van der Waals surface area contributed by atoms with Crippen LogP contribution in [0, 0.1) is 6.92 Å². The number of carbonyl (C=O) groups is 1. The molecule has 0 unspecified atom stereocenters. The van der Waals surface area contributed by atoms with Gasteiger partial charge < -0.3 is 14.6 Å². The molecule has 5 nitrogen and oxygen atoms in total. The summed E-state index contributed by atoms with van der Waals surface area (Å²) in [5.74, 6) is 0.503. The molecule has 1 heterocycles. The molecule has 0 saturated heterocycles. The number of nitrogens with one attached hydrogen (secondary N) is 1. The largest absolute Gasteiger partial charge is 0.492 e. The summed E-state index contributed by atoms with van der Waals surface area (Å²) in [4.78, 5) is 24.5. The van der Waals surface area contributed by atoms with Gasteiger partial charge in [-0.15, -0.1) is 0 Å². The van der Waals surface area contributed by atoms with E-state index in [0.29, 0.717) is 30.3 Å². The van der Waals surface area contributed by atoms with Gasteiger partial charge in [0.05, 0.1) is 18.7 Å². The maximum Gasteiger partial charge on any atom is 0.252 e. The number of carbonyl (C=O) groups excluding carboxylic acids is 1. The summed E-state index contributed by atoms with van der Waals surface area (Å²) in [5.41, 5.74) is 2.14. The van der Waals surface area contributed by atoms with Crippen LogP contribution in [0.25, 0.3) is 0 Å². The Morgan fingerprint density at radius 3 is 2.71 bits per heavy atom. The third-order valence-electron chi connectivity index (χ3n) is 4.19. The molecule has 6 heteroatoms. The third-order valence-corrected chi connectivity index (χ3v) is 4.56.